The molecule has 28 heavy (non-hydrogen) atoms. The van der Waals surface area contributed by atoms with Gasteiger partial charge >= 0.3 is 0 Å². The first-order chi connectivity index (χ1) is 13.2. The van der Waals surface area contributed by atoms with Gasteiger partial charge < -0.3 is 20.4 Å². The van der Waals surface area contributed by atoms with E-state index >= 15 is 0 Å². The number of carbonyl (C=O) groups is 2. The van der Waals surface area contributed by atoms with Crippen LogP contribution in [0.2, 0.25) is 0 Å². The molecule has 4 aliphatic rings. The van der Waals surface area contributed by atoms with Crippen LogP contribution >= 0.6 is 0 Å². The SMILES string of the molecule is C[N@+]1(CC2CC2)CC[C@]23CC(=O)CC[C@@]2(O)[C@H]1Cc1ccc(C(N)=O)c([O-])c13. The summed E-state index contributed by atoms with van der Waals surface area (Å²) in [4.78, 5) is 24.3. The van der Waals surface area contributed by atoms with Crippen LogP contribution in [0.25, 0.3) is 0 Å². The molecule has 0 aromatic heterocycles. The first-order valence-corrected chi connectivity index (χ1v) is 10.4. The van der Waals surface area contributed by atoms with Crippen molar-refractivity contribution >= 4 is 11.7 Å². The quantitative estimate of drug-likeness (QED) is 0.751. The van der Waals surface area contributed by atoms with Crippen LogP contribution in [0.5, 0.6) is 5.75 Å². The number of quaternary nitrogens is 1. The summed E-state index contributed by atoms with van der Waals surface area (Å²) in [7, 11) is 2.24. The van der Waals surface area contributed by atoms with Crippen LogP contribution in [0.1, 0.15) is 60.0 Å². The van der Waals surface area contributed by atoms with Crippen LogP contribution in [0.15, 0.2) is 12.1 Å². The third-order valence-electron chi connectivity index (χ3n) is 8.24. The maximum atomic E-state index is 13.3. The number of fused-ring (bicyclic) bond motifs is 1. The lowest BCUT2D eigenvalue weighted by molar-refractivity contribution is -0.950. The lowest BCUT2D eigenvalue weighted by atomic mass is 9.48. The number of hydrogen-bond donors (Lipinski definition) is 2. The van der Waals surface area contributed by atoms with Gasteiger partial charge in [-0.25, -0.2) is 0 Å². The van der Waals surface area contributed by atoms with Gasteiger partial charge in [0.2, 0.25) is 5.91 Å². The molecule has 1 aromatic carbocycles. The second-order valence-corrected chi connectivity index (χ2v) is 9.86. The van der Waals surface area contributed by atoms with Crippen LogP contribution in [0, 0.1) is 5.92 Å². The van der Waals surface area contributed by atoms with Crippen LogP contribution < -0.4 is 10.8 Å². The molecule has 6 heteroatoms. The van der Waals surface area contributed by atoms with Crippen molar-refractivity contribution in [2.24, 2.45) is 11.7 Å². The maximum absolute atomic E-state index is 13.3. The number of Topliss-reactive ketones (excluding diaryl/α,β-unsaturated/α-hetero) is 1. The van der Waals surface area contributed by atoms with Gasteiger partial charge in [-0.05, 0) is 36.5 Å². The standard InChI is InChI=1S/C22H28N2O4/c1-24(12-13-2-3-13)9-8-21-11-15(25)6-7-22(21,28)17(24)10-14-4-5-16(20(23)27)19(26)18(14)21/h4-5,13,17,28H,2-3,6-12H2,1H3,(H2-,23,26,27)/t17-,21-,22-,24-/m1/s1. The predicted molar refractivity (Wildman–Crippen MR) is 101 cm³/mol. The van der Waals surface area contributed by atoms with Crippen molar-refractivity contribution in [3.8, 4) is 5.75 Å². The lowest BCUT2D eigenvalue weighted by Crippen LogP contribution is -2.78. The smallest absolute Gasteiger partial charge is 0.248 e. The zero-order chi connectivity index (χ0) is 19.9. The first-order valence-electron chi connectivity index (χ1n) is 10.4. The Hall–Kier alpha value is -1.92. The minimum atomic E-state index is -1.09. The number of benzene rings is 1. The van der Waals surface area contributed by atoms with Gasteiger partial charge in [-0.1, -0.05) is 11.8 Å². The van der Waals surface area contributed by atoms with Crippen LogP contribution in [-0.4, -0.2) is 53.1 Å². The number of primary amides is 1. The maximum Gasteiger partial charge on any atom is 0.248 e. The molecule has 3 N–H and O–H groups in total. The van der Waals surface area contributed by atoms with E-state index in [0.717, 1.165) is 29.1 Å². The van der Waals surface area contributed by atoms with Crippen molar-refractivity contribution in [3.63, 3.8) is 0 Å². The second kappa shape index (κ2) is 5.57. The Kier molecular flexibility index (Phi) is 3.61. The highest BCUT2D eigenvalue weighted by Gasteiger charge is 2.69. The number of piperidine rings is 1. The van der Waals surface area contributed by atoms with Gasteiger partial charge in [0.15, 0.2) is 0 Å². The van der Waals surface area contributed by atoms with E-state index < -0.39 is 16.9 Å². The summed E-state index contributed by atoms with van der Waals surface area (Å²) in [6, 6.07) is 3.33. The summed E-state index contributed by atoms with van der Waals surface area (Å²) in [5, 5.41) is 25.4. The molecule has 6 nitrogen and oxygen atoms in total. The average molecular weight is 384 g/mol. The molecule has 2 bridgehead atoms. The number of hydrogen-bond acceptors (Lipinski definition) is 4. The molecule has 3 fully saturated rings. The van der Waals surface area contributed by atoms with E-state index in [2.05, 4.69) is 7.05 Å². The van der Waals surface area contributed by atoms with Crippen molar-refractivity contribution in [1.82, 2.24) is 0 Å². The highest BCUT2D eigenvalue weighted by molar-refractivity contribution is 5.96. The van der Waals surface area contributed by atoms with E-state index in [9.17, 15) is 19.8 Å². The normalized spacial score (nSPS) is 39.2. The Balaban J connectivity index is 1.73. The molecule has 1 aromatic rings. The molecular formula is C22H28N2O4. The Morgan fingerprint density at radius 3 is 2.79 bits per heavy atom. The number of nitrogens with zero attached hydrogens (tertiary/aromatic N) is 1. The number of nitrogens with two attached hydrogens (primary N) is 1. The number of carbonyl (C=O) groups excluding carboxylic acids is 2. The second-order valence-electron chi connectivity index (χ2n) is 9.86. The van der Waals surface area contributed by atoms with Gasteiger partial charge in [0, 0.05) is 42.6 Å². The van der Waals surface area contributed by atoms with Crippen molar-refractivity contribution in [2.75, 3.05) is 20.1 Å². The lowest BCUT2D eigenvalue weighted by Gasteiger charge is -2.65. The number of rotatable bonds is 3. The van der Waals surface area contributed by atoms with E-state index in [1.54, 1.807) is 0 Å². The molecule has 1 saturated heterocycles. The number of likely N-dealkylation sites (tertiary alicyclic amines) is 1. The molecule has 5 rings (SSSR count). The topological polar surface area (TPSA) is 103 Å². The van der Waals surface area contributed by atoms with E-state index in [-0.39, 0.29) is 29.6 Å². The van der Waals surface area contributed by atoms with Crippen molar-refractivity contribution in [2.45, 2.75) is 62.0 Å². The van der Waals surface area contributed by atoms with Gasteiger partial charge in [0.25, 0.3) is 0 Å². The van der Waals surface area contributed by atoms with Gasteiger partial charge in [-0.3, -0.25) is 9.59 Å². The minimum Gasteiger partial charge on any atom is -0.872 e. The summed E-state index contributed by atoms with van der Waals surface area (Å²) < 4.78 is 0.808. The summed E-state index contributed by atoms with van der Waals surface area (Å²) in [5.41, 5.74) is 4.81. The molecule has 1 aliphatic heterocycles. The van der Waals surface area contributed by atoms with E-state index in [4.69, 9.17) is 5.73 Å². The fraction of sp³-hybridized carbons (Fsp3) is 0.636. The van der Waals surface area contributed by atoms with E-state index in [0.29, 0.717) is 31.2 Å². The molecule has 0 unspecified atom stereocenters. The number of ketones is 1. The first kappa shape index (κ1) is 18.1. The fourth-order valence-corrected chi connectivity index (χ4v) is 6.70. The number of aliphatic hydroxyl groups is 1. The molecule has 0 spiro atoms. The highest BCUT2D eigenvalue weighted by Crippen LogP contribution is 2.61. The van der Waals surface area contributed by atoms with Crippen molar-refractivity contribution in [1.29, 1.82) is 0 Å². The predicted octanol–water partition coefficient (Wildman–Crippen LogP) is 0.766. The third kappa shape index (κ3) is 2.22. The van der Waals surface area contributed by atoms with Gasteiger partial charge in [0.05, 0.1) is 20.1 Å². The molecule has 150 valence electrons. The molecule has 4 atom stereocenters. The zero-order valence-electron chi connectivity index (χ0n) is 16.4. The Morgan fingerprint density at radius 2 is 2.11 bits per heavy atom. The molecular weight excluding hydrogens is 356 g/mol. The Bertz CT molecular complexity index is 895. The van der Waals surface area contributed by atoms with Gasteiger partial charge in [0.1, 0.15) is 17.4 Å². The van der Waals surface area contributed by atoms with Gasteiger partial charge in [-0.2, -0.15) is 0 Å². The molecule has 1 amide bonds. The fourth-order valence-electron chi connectivity index (χ4n) is 6.70. The molecule has 3 aliphatic carbocycles. The van der Waals surface area contributed by atoms with Crippen molar-refractivity contribution < 1.29 is 24.3 Å². The van der Waals surface area contributed by atoms with Gasteiger partial charge in [-0.15, -0.1) is 0 Å². The van der Waals surface area contributed by atoms with Crippen LogP contribution in [0.3, 0.4) is 0 Å². The van der Waals surface area contributed by atoms with Crippen molar-refractivity contribution in [3.05, 3.63) is 28.8 Å². The average Bonchev–Trinajstić information content (AvgIpc) is 3.43. The van der Waals surface area contributed by atoms with Crippen LogP contribution in [0.4, 0.5) is 0 Å². The summed E-state index contributed by atoms with van der Waals surface area (Å²) in [6.45, 7) is 1.90. The molecule has 1 heterocycles. The zero-order valence-corrected chi connectivity index (χ0v) is 16.4. The Labute approximate surface area is 164 Å². The molecule has 0 radical (unpaired) electrons. The monoisotopic (exact) mass is 384 g/mol. The van der Waals surface area contributed by atoms with Crippen LogP contribution in [-0.2, 0) is 16.6 Å². The number of likely N-dealkylation sites (N-methyl/N-ethyl adjacent to an activating group) is 1. The van der Waals surface area contributed by atoms with E-state index in [1.807, 2.05) is 6.07 Å². The summed E-state index contributed by atoms with van der Waals surface area (Å²) in [6.07, 6.45) is 4.66. The molecule has 2 saturated carbocycles. The summed E-state index contributed by atoms with van der Waals surface area (Å²) >= 11 is 0. The van der Waals surface area contributed by atoms with E-state index in [1.165, 1.54) is 18.9 Å². The number of amides is 1. The summed E-state index contributed by atoms with van der Waals surface area (Å²) in [5.74, 6) is -0.310. The largest absolute Gasteiger partial charge is 0.872 e. The third-order valence-corrected chi connectivity index (χ3v) is 8.24. The highest BCUT2D eigenvalue weighted by atomic mass is 16.3. The minimum absolute atomic E-state index is 0.0266. The Morgan fingerprint density at radius 1 is 1.36 bits per heavy atom.